The summed E-state index contributed by atoms with van der Waals surface area (Å²) in [5.74, 6) is 1.56. The van der Waals surface area contributed by atoms with Crippen LogP contribution in [0.3, 0.4) is 0 Å². The summed E-state index contributed by atoms with van der Waals surface area (Å²) in [5, 5.41) is 12.1. The Morgan fingerprint density at radius 3 is 2.86 bits per heavy atom. The summed E-state index contributed by atoms with van der Waals surface area (Å²) in [5.41, 5.74) is 4.81. The van der Waals surface area contributed by atoms with Gasteiger partial charge in [0.05, 0.1) is 23.7 Å². The molecule has 0 spiro atoms. The van der Waals surface area contributed by atoms with Crippen LogP contribution in [0.25, 0.3) is 33.5 Å². The first-order valence-corrected chi connectivity index (χ1v) is 10.3. The van der Waals surface area contributed by atoms with Crippen molar-refractivity contribution >= 4 is 27.6 Å². The van der Waals surface area contributed by atoms with Gasteiger partial charge >= 0.3 is 0 Å². The molecule has 1 aliphatic heterocycles. The third-order valence-electron chi connectivity index (χ3n) is 5.66. The van der Waals surface area contributed by atoms with Gasteiger partial charge in [0.2, 0.25) is 0 Å². The first-order chi connectivity index (χ1) is 14.3. The number of aromatic amines is 2. The standard InChI is InChI=1S/C22H26N6O/c1-29-16-6-8-18-17(14-16)21(27-26-18)22-24-19-7-5-15(13-20(19)25-22)23-9-4-12-28-10-2-3-11-28/h5-8,13-14,23H,2-4,9-12H2,1H3,(H,24,25)(H,26,27). The highest BCUT2D eigenvalue weighted by Crippen LogP contribution is 2.29. The minimum absolute atomic E-state index is 0.755. The summed E-state index contributed by atoms with van der Waals surface area (Å²) in [6.45, 7) is 4.68. The van der Waals surface area contributed by atoms with E-state index in [-0.39, 0.29) is 0 Å². The van der Waals surface area contributed by atoms with Crippen molar-refractivity contribution in [3.05, 3.63) is 36.4 Å². The molecule has 1 aliphatic rings. The maximum Gasteiger partial charge on any atom is 0.159 e. The lowest BCUT2D eigenvalue weighted by Gasteiger charge is -2.14. The number of rotatable bonds is 7. The number of ether oxygens (including phenoxy) is 1. The van der Waals surface area contributed by atoms with Gasteiger partial charge in [-0.05, 0) is 75.3 Å². The summed E-state index contributed by atoms with van der Waals surface area (Å²) < 4.78 is 5.35. The van der Waals surface area contributed by atoms with E-state index in [1.165, 1.54) is 32.5 Å². The van der Waals surface area contributed by atoms with Gasteiger partial charge in [-0.3, -0.25) is 5.10 Å². The molecule has 1 saturated heterocycles. The minimum Gasteiger partial charge on any atom is -0.497 e. The third kappa shape index (κ3) is 3.65. The average molecular weight is 390 g/mol. The molecule has 0 saturated carbocycles. The van der Waals surface area contributed by atoms with Crippen molar-refractivity contribution < 1.29 is 4.74 Å². The molecule has 7 heteroatoms. The average Bonchev–Trinajstić information content (AvgIpc) is 3.49. The maximum atomic E-state index is 5.35. The van der Waals surface area contributed by atoms with Gasteiger partial charge in [0.15, 0.2) is 5.82 Å². The molecule has 3 N–H and O–H groups in total. The fourth-order valence-electron chi connectivity index (χ4n) is 4.07. The molecule has 4 aromatic rings. The molecule has 0 bridgehead atoms. The highest BCUT2D eigenvalue weighted by molar-refractivity contribution is 5.94. The van der Waals surface area contributed by atoms with Crippen LogP contribution in [0.1, 0.15) is 19.3 Å². The molecule has 29 heavy (non-hydrogen) atoms. The molecular formula is C22H26N6O. The van der Waals surface area contributed by atoms with Crippen molar-refractivity contribution in [2.24, 2.45) is 0 Å². The molecule has 3 heterocycles. The first kappa shape index (κ1) is 18.0. The second-order valence-corrected chi connectivity index (χ2v) is 7.63. The predicted molar refractivity (Wildman–Crippen MR) is 117 cm³/mol. The van der Waals surface area contributed by atoms with Crippen LogP contribution in [0.5, 0.6) is 5.75 Å². The number of nitrogens with one attached hydrogen (secondary N) is 3. The van der Waals surface area contributed by atoms with Gasteiger partial charge in [0.1, 0.15) is 11.4 Å². The van der Waals surface area contributed by atoms with Crippen LogP contribution in [-0.4, -0.2) is 58.4 Å². The van der Waals surface area contributed by atoms with Gasteiger partial charge in [0, 0.05) is 17.6 Å². The van der Waals surface area contributed by atoms with Crippen LogP contribution >= 0.6 is 0 Å². The van der Waals surface area contributed by atoms with Crippen molar-refractivity contribution in [1.82, 2.24) is 25.1 Å². The van der Waals surface area contributed by atoms with Crippen LogP contribution in [0.2, 0.25) is 0 Å². The molecule has 2 aromatic heterocycles. The number of aromatic nitrogens is 4. The zero-order valence-corrected chi connectivity index (χ0v) is 16.7. The highest BCUT2D eigenvalue weighted by Gasteiger charge is 2.14. The highest BCUT2D eigenvalue weighted by atomic mass is 16.5. The van der Waals surface area contributed by atoms with Gasteiger partial charge in [-0.25, -0.2) is 4.98 Å². The molecule has 2 aromatic carbocycles. The van der Waals surface area contributed by atoms with E-state index in [0.29, 0.717) is 0 Å². The zero-order chi connectivity index (χ0) is 19.6. The maximum absolute atomic E-state index is 5.35. The molecule has 5 rings (SSSR count). The number of methoxy groups -OCH3 is 1. The number of nitrogens with zero attached hydrogens (tertiary/aromatic N) is 3. The molecule has 7 nitrogen and oxygen atoms in total. The van der Waals surface area contributed by atoms with Crippen LogP contribution in [0.4, 0.5) is 5.69 Å². The van der Waals surface area contributed by atoms with Crippen molar-refractivity contribution in [2.45, 2.75) is 19.3 Å². The lowest BCUT2D eigenvalue weighted by molar-refractivity contribution is 0.337. The molecular weight excluding hydrogens is 364 g/mol. The lowest BCUT2D eigenvalue weighted by Crippen LogP contribution is -2.22. The Morgan fingerprint density at radius 1 is 1.10 bits per heavy atom. The van der Waals surface area contributed by atoms with E-state index in [9.17, 15) is 0 Å². The van der Waals surface area contributed by atoms with Crippen LogP contribution < -0.4 is 10.1 Å². The monoisotopic (exact) mass is 390 g/mol. The Bertz CT molecular complexity index is 1120. The smallest absolute Gasteiger partial charge is 0.159 e. The molecule has 0 radical (unpaired) electrons. The minimum atomic E-state index is 0.755. The van der Waals surface area contributed by atoms with Crippen molar-refractivity contribution in [3.8, 4) is 17.3 Å². The number of hydrogen-bond acceptors (Lipinski definition) is 5. The van der Waals surface area contributed by atoms with E-state index in [4.69, 9.17) is 9.72 Å². The number of benzene rings is 2. The first-order valence-electron chi connectivity index (χ1n) is 10.3. The normalized spacial score (nSPS) is 14.8. The Balaban J connectivity index is 1.33. The summed E-state index contributed by atoms with van der Waals surface area (Å²) in [7, 11) is 1.67. The molecule has 0 amide bonds. The fraction of sp³-hybridized carbons (Fsp3) is 0.364. The summed E-state index contributed by atoms with van der Waals surface area (Å²) in [4.78, 5) is 10.7. The van der Waals surface area contributed by atoms with E-state index in [1.54, 1.807) is 7.11 Å². The van der Waals surface area contributed by atoms with Gasteiger partial charge in [-0.2, -0.15) is 5.10 Å². The second-order valence-electron chi connectivity index (χ2n) is 7.63. The predicted octanol–water partition coefficient (Wildman–Crippen LogP) is 4.01. The van der Waals surface area contributed by atoms with E-state index in [0.717, 1.165) is 57.9 Å². The van der Waals surface area contributed by atoms with Gasteiger partial charge in [0.25, 0.3) is 0 Å². The van der Waals surface area contributed by atoms with E-state index in [2.05, 4.69) is 37.5 Å². The fourth-order valence-corrected chi connectivity index (χ4v) is 4.07. The Morgan fingerprint density at radius 2 is 2.00 bits per heavy atom. The Kier molecular flexibility index (Phi) is 4.81. The SMILES string of the molecule is COc1ccc2[nH]nc(-c3nc4ccc(NCCCN5CCCC5)cc4[nH]3)c2c1. The molecule has 0 aliphatic carbocycles. The zero-order valence-electron chi connectivity index (χ0n) is 16.7. The quantitative estimate of drug-likeness (QED) is 0.415. The Hall–Kier alpha value is -3.06. The second kappa shape index (κ2) is 7.75. The van der Waals surface area contributed by atoms with E-state index < -0.39 is 0 Å². The number of imidazole rings is 1. The topological polar surface area (TPSA) is 81.9 Å². The van der Waals surface area contributed by atoms with E-state index >= 15 is 0 Å². The van der Waals surface area contributed by atoms with Crippen molar-refractivity contribution in [3.63, 3.8) is 0 Å². The van der Waals surface area contributed by atoms with Gasteiger partial charge in [-0.1, -0.05) is 0 Å². The summed E-state index contributed by atoms with van der Waals surface area (Å²) >= 11 is 0. The van der Waals surface area contributed by atoms with Crippen molar-refractivity contribution in [2.75, 3.05) is 38.6 Å². The van der Waals surface area contributed by atoms with Gasteiger partial charge < -0.3 is 19.9 Å². The van der Waals surface area contributed by atoms with E-state index in [1.807, 2.05) is 24.3 Å². The number of H-pyrrole nitrogens is 2. The largest absolute Gasteiger partial charge is 0.497 e. The molecule has 0 unspecified atom stereocenters. The Labute approximate surface area is 169 Å². The summed E-state index contributed by atoms with van der Waals surface area (Å²) in [6.07, 6.45) is 3.86. The van der Waals surface area contributed by atoms with Crippen LogP contribution in [0, 0.1) is 0 Å². The third-order valence-corrected chi connectivity index (χ3v) is 5.66. The number of fused-ring (bicyclic) bond motifs is 2. The molecule has 1 fully saturated rings. The van der Waals surface area contributed by atoms with Crippen LogP contribution in [0.15, 0.2) is 36.4 Å². The molecule has 150 valence electrons. The number of hydrogen-bond donors (Lipinski definition) is 3. The van der Waals surface area contributed by atoms with Crippen LogP contribution in [-0.2, 0) is 0 Å². The van der Waals surface area contributed by atoms with Gasteiger partial charge in [-0.15, -0.1) is 0 Å². The summed E-state index contributed by atoms with van der Waals surface area (Å²) in [6, 6.07) is 12.1. The molecule has 0 atom stereocenters. The number of likely N-dealkylation sites (tertiary alicyclic amines) is 1. The lowest BCUT2D eigenvalue weighted by atomic mass is 10.2. The van der Waals surface area contributed by atoms with Crippen molar-refractivity contribution in [1.29, 1.82) is 0 Å². The number of anilines is 1.